The summed E-state index contributed by atoms with van der Waals surface area (Å²) in [6.45, 7) is 9.23. The van der Waals surface area contributed by atoms with Crippen LogP contribution in [0.4, 0.5) is 0 Å². The molecule has 1 heterocycles. The van der Waals surface area contributed by atoms with E-state index in [1.807, 2.05) is 51.1 Å². The fourth-order valence-electron chi connectivity index (χ4n) is 6.63. The predicted molar refractivity (Wildman–Crippen MR) is 188 cm³/mol. The van der Waals surface area contributed by atoms with Crippen LogP contribution in [0.5, 0.6) is 0 Å². The number of carbonyl (C=O) groups is 5. The number of hydrogen-bond donors (Lipinski definition) is 4. The summed E-state index contributed by atoms with van der Waals surface area (Å²) in [6.07, 6.45) is 6.38. The summed E-state index contributed by atoms with van der Waals surface area (Å²) in [7, 11) is -3.88. The smallest absolute Gasteiger partial charge is 0.259 e. The van der Waals surface area contributed by atoms with Crippen LogP contribution >= 0.6 is 0 Å². The summed E-state index contributed by atoms with van der Waals surface area (Å²) >= 11 is 0. The number of likely N-dealkylation sites (tertiary alicyclic amines) is 1. The second-order valence-electron chi connectivity index (χ2n) is 15.2. The number of amides is 5. The van der Waals surface area contributed by atoms with E-state index in [1.54, 1.807) is 12.1 Å². The number of rotatable bonds is 12. The van der Waals surface area contributed by atoms with Gasteiger partial charge in [0.15, 0.2) is 0 Å². The van der Waals surface area contributed by atoms with Gasteiger partial charge in [-0.3, -0.25) is 28.7 Å². The van der Waals surface area contributed by atoms with Crippen LogP contribution in [0.1, 0.15) is 76.1 Å². The molecule has 4 fully saturated rings. The van der Waals surface area contributed by atoms with Crippen LogP contribution < -0.4 is 20.7 Å². The lowest BCUT2D eigenvalue weighted by Crippen LogP contribution is -2.60. The predicted octanol–water partition coefficient (Wildman–Crippen LogP) is 3.05. The zero-order chi connectivity index (χ0) is 36.0. The highest BCUT2D eigenvalue weighted by Gasteiger charge is 2.62. The third-order valence-electron chi connectivity index (χ3n) is 10.1. The summed E-state index contributed by atoms with van der Waals surface area (Å²) in [5.74, 6) is -2.77. The monoisotopic (exact) mass is 703 g/mol. The van der Waals surface area contributed by atoms with Crippen LogP contribution in [0.25, 0.3) is 10.8 Å². The maximum absolute atomic E-state index is 14.3. The first-order valence-electron chi connectivity index (χ1n) is 17.2. The minimum atomic E-state index is -3.88. The molecule has 1 saturated heterocycles. The van der Waals surface area contributed by atoms with E-state index in [-0.39, 0.29) is 31.2 Å². The van der Waals surface area contributed by atoms with Crippen molar-refractivity contribution in [3.05, 3.63) is 72.5 Å². The van der Waals surface area contributed by atoms with Crippen molar-refractivity contribution in [3.8, 4) is 0 Å². The Morgan fingerprint density at radius 3 is 2.36 bits per heavy atom. The normalized spacial score (nSPS) is 24.7. The first-order chi connectivity index (χ1) is 23.6. The van der Waals surface area contributed by atoms with Gasteiger partial charge in [0.05, 0.1) is 5.25 Å². The average molecular weight is 704 g/mol. The fraction of sp³-hybridized carbons (Fsp3) is 0.486. The van der Waals surface area contributed by atoms with Crippen molar-refractivity contribution < 1.29 is 32.4 Å². The Kier molecular flexibility index (Phi) is 9.40. The molecule has 2 aromatic carbocycles. The molecule has 5 amide bonds. The van der Waals surface area contributed by atoms with Gasteiger partial charge in [0, 0.05) is 37.1 Å². The summed E-state index contributed by atoms with van der Waals surface area (Å²) in [4.78, 5) is 69.5. The topological polar surface area (TPSA) is 171 Å². The Morgan fingerprint density at radius 1 is 1.02 bits per heavy atom. The number of sulfonamides is 1. The molecule has 1 aliphatic heterocycles. The standard InChI is InChI=1S/C37H45N5O7S/c1-5-25-19-37(25,35(47)41-50(48,49)26-15-16-26)40-33(45)29-17-23(20-38-32(44)28-12-8-10-24-9-6-7-11-27(24)28)21-42(29)34(46)31(36(2,3)4)39-30(43)18-22-13-14-22/h5-12,20,22,25-26,29,31H,1,13-19,21H2,2-4H3,(H,38,44)(H,39,43)(H,40,45)(H,41,47)/b23-20+/t25?,29-,31+,37?/m0/s1. The molecule has 0 bridgehead atoms. The van der Waals surface area contributed by atoms with E-state index in [1.165, 1.54) is 17.2 Å². The van der Waals surface area contributed by atoms with Gasteiger partial charge >= 0.3 is 0 Å². The Hall–Kier alpha value is -4.52. The Morgan fingerprint density at radius 2 is 1.72 bits per heavy atom. The molecule has 50 heavy (non-hydrogen) atoms. The Balaban J connectivity index is 1.26. The van der Waals surface area contributed by atoms with Gasteiger partial charge in [0.1, 0.15) is 17.6 Å². The van der Waals surface area contributed by atoms with Crippen LogP contribution in [-0.2, 0) is 29.2 Å². The van der Waals surface area contributed by atoms with Gasteiger partial charge < -0.3 is 20.9 Å². The van der Waals surface area contributed by atoms with Gasteiger partial charge in [0.25, 0.3) is 11.8 Å². The van der Waals surface area contributed by atoms with Crippen molar-refractivity contribution >= 4 is 50.3 Å². The molecule has 0 spiro atoms. The minimum Gasteiger partial charge on any atom is -0.344 e. The summed E-state index contributed by atoms with van der Waals surface area (Å²) in [5, 5.41) is 9.55. The van der Waals surface area contributed by atoms with Gasteiger partial charge in [-0.2, -0.15) is 0 Å². The van der Waals surface area contributed by atoms with Gasteiger partial charge in [0.2, 0.25) is 27.7 Å². The third kappa shape index (κ3) is 7.47. The molecule has 4 aliphatic rings. The zero-order valence-corrected chi connectivity index (χ0v) is 29.5. The maximum Gasteiger partial charge on any atom is 0.259 e. The molecule has 3 aliphatic carbocycles. The van der Waals surface area contributed by atoms with E-state index in [9.17, 15) is 32.4 Å². The molecule has 3 saturated carbocycles. The summed E-state index contributed by atoms with van der Waals surface area (Å²) in [5.41, 5.74) is -1.21. The van der Waals surface area contributed by atoms with Crippen molar-refractivity contribution in [2.75, 3.05) is 6.54 Å². The van der Waals surface area contributed by atoms with Gasteiger partial charge in [-0.15, -0.1) is 6.58 Å². The highest BCUT2D eigenvalue weighted by Crippen LogP contribution is 2.45. The molecular formula is C37H45N5O7S. The minimum absolute atomic E-state index is 0.0159. The highest BCUT2D eigenvalue weighted by molar-refractivity contribution is 7.91. The molecule has 6 rings (SSSR count). The van der Waals surface area contributed by atoms with Crippen LogP contribution in [0.2, 0.25) is 0 Å². The molecule has 4 N–H and O–H groups in total. The second kappa shape index (κ2) is 13.3. The molecule has 0 radical (unpaired) electrons. The molecule has 4 atom stereocenters. The molecule has 12 nitrogen and oxygen atoms in total. The number of hydrogen-bond acceptors (Lipinski definition) is 7. The van der Waals surface area contributed by atoms with Crippen LogP contribution in [0.3, 0.4) is 0 Å². The fourth-order valence-corrected chi connectivity index (χ4v) is 7.99. The molecule has 2 aromatic rings. The lowest BCUT2D eigenvalue weighted by atomic mass is 9.85. The van der Waals surface area contributed by atoms with Crippen molar-refractivity contribution in [3.63, 3.8) is 0 Å². The largest absolute Gasteiger partial charge is 0.344 e. The molecule has 13 heteroatoms. The Labute approximate surface area is 292 Å². The van der Waals surface area contributed by atoms with Crippen molar-refractivity contribution in [2.45, 2.75) is 88.6 Å². The van der Waals surface area contributed by atoms with Crippen LogP contribution in [-0.4, -0.2) is 72.3 Å². The number of carbonyl (C=O) groups excluding carboxylic acids is 5. The molecular weight excluding hydrogens is 659 g/mol. The quantitative estimate of drug-likeness (QED) is 0.246. The first-order valence-corrected chi connectivity index (χ1v) is 18.7. The molecule has 0 aromatic heterocycles. The van der Waals surface area contributed by atoms with Gasteiger partial charge in [-0.05, 0) is 65.8 Å². The lowest BCUT2D eigenvalue weighted by Gasteiger charge is -2.35. The van der Waals surface area contributed by atoms with E-state index in [0.717, 1.165) is 23.6 Å². The van der Waals surface area contributed by atoms with Crippen molar-refractivity contribution in [1.29, 1.82) is 0 Å². The van der Waals surface area contributed by atoms with Crippen molar-refractivity contribution in [2.24, 2.45) is 17.3 Å². The lowest BCUT2D eigenvalue weighted by molar-refractivity contribution is -0.144. The number of benzene rings is 2. The highest BCUT2D eigenvalue weighted by atomic mass is 32.2. The third-order valence-corrected chi connectivity index (χ3v) is 11.9. The number of nitrogens with zero attached hydrogens (tertiary/aromatic N) is 1. The number of fused-ring (bicyclic) bond motifs is 1. The molecule has 2 unspecified atom stereocenters. The maximum atomic E-state index is 14.3. The SMILES string of the molecule is C=CC1CC1(NC(=O)[C@@H]1C/C(=C\NC(=O)c2cccc3ccccc23)CN1C(=O)[C@@H](NC(=O)CC1CC1)C(C)(C)C)C(=O)NS(=O)(=O)C1CC1. The van der Waals surface area contributed by atoms with E-state index in [0.29, 0.717) is 36.3 Å². The van der Waals surface area contributed by atoms with Crippen molar-refractivity contribution in [1.82, 2.24) is 25.6 Å². The van der Waals surface area contributed by atoms with Gasteiger partial charge in [-0.25, -0.2) is 8.42 Å². The van der Waals surface area contributed by atoms with E-state index >= 15 is 0 Å². The van der Waals surface area contributed by atoms with E-state index in [4.69, 9.17) is 0 Å². The summed E-state index contributed by atoms with van der Waals surface area (Å²) in [6, 6.07) is 10.9. The van der Waals surface area contributed by atoms with Crippen LogP contribution in [0, 0.1) is 17.3 Å². The first kappa shape index (κ1) is 35.3. The van der Waals surface area contributed by atoms with Crippen LogP contribution in [0.15, 0.2) is 66.9 Å². The second-order valence-corrected chi connectivity index (χ2v) is 17.1. The number of nitrogens with one attached hydrogen (secondary N) is 4. The van der Waals surface area contributed by atoms with Gasteiger partial charge in [-0.1, -0.05) is 63.2 Å². The summed E-state index contributed by atoms with van der Waals surface area (Å²) < 4.78 is 27.4. The molecule has 266 valence electrons. The average Bonchev–Trinajstić information content (AvgIpc) is 3.96. The Bertz CT molecular complexity index is 1890. The van der Waals surface area contributed by atoms with E-state index in [2.05, 4.69) is 27.3 Å². The zero-order valence-electron chi connectivity index (χ0n) is 28.7. The van der Waals surface area contributed by atoms with E-state index < -0.39 is 62.0 Å².